The highest BCUT2D eigenvalue weighted by molar-refractivity contribution is 9.10. The second kappa shape index (κ2) is 5.60. The number of nitrogens with one attached hydrogen (secondary N) is 2. The summed E-state index contributed by atoms with van der Waals surface area (Å²) in [5, 5.41) is 6.12. The van der Waals surface area contributed by atoms with Crippen LogP contribution in [0.15, 0.2) is 22.7 Å². The van der Waals surface area contributed by atoms with Gasteiger partial charge >= 0.3 is 0 Å². The van der Waals surface area contributed by atoms with Gasteiger partial charge in [0.25, 0.3) is 5.91 Å². The minimum absolute atomic E-state index is 0.131. The molecule has 1 aromatic rings. The lowest BCUT2D eigenvalue weighted by molar-refractivity contribution is 0.0929. The van der Waals surface area contributed by atoms with E-state index in [2.05, 4.69) is 26.6 Å². The summed E-state index contributed by atoms with van der Waals surface area (Å²) < 4.78 is 13.7. The zero-order valence-electron chi connectivity index (χ0n) is 9.30. The molecule has 3 nitrogen and oxygen atoms in total. The normalized spacial score (nSPS) is 20.0. The van der Waals surface area contributed by atoms with Crippen molar-refractivity contribution in [3.05, 3.63) is 34.1 Å². The van der Waals surface area contributed by atoms with Crippen molar-refractivity contribution in [1.29, 1.82) is 0 Å². The Bertz CT molecular complexity index is 419. The van der Waals surface area contributed by atoms with E-state index < -0.39 is 5.82 Å². The topological polar surface area (TPSA) is 41.1 Å². The van der Waals surface area contributed by atoms with Crippen LogP contribution in [0.3, 0.4) is 0 Å². The lowest BCUT2D eigenvalue weighted by Gasteiger charge is -2.24. The van der Waals surface area contributed by atoms with Gasteiger partial charge in [0.1, 0.15) is 5.82 Å². The highest BCUT2D eigenvalue weighted by Gasteiger charge is 2.18. The smallest absolute Gasteiger partial charge is 0.252 e. The van der Waals surface area contributed by atoms with Gasteiger partial charge in [-0.15, -0.1) is 0 Å². The molecule has 0 saturated carbocycles. The number of benzene rings is 1. The van der Waals surface area contributed by atoms with Crippen molar-refractivity contribution in [2.75, 3.05) is 13.1 Å². The SMILES string of the molecule is O=C(NC1CCCNC1)c1cc(F)ccc1Br. The van der Waals surface area contributed by atoms with Crippen LogP contribution in [0.1, 0.15) is 23.2 Å². The van der Waals surface area contributed by atoms with Gasteiger partial charge in [0, 0.05) is 17.1 Å². The molecule has 5 heteroatoms. The molecule has 0 spiro atoms. The van der Waals surface area contributed by atoms with E-state index in [0.717, 1.165) is 25.9 Å². The average Bonchev–Trinajstić information content (AvgIpc) is 2.33. The molecular formula is C12H14BrFN2O. The molecule has 0 bridgehead atoms. The Hall–Kier alpha value is -0.940. The van der Waals surface area contributed by atoms with Gasteiger partial charge in [0.05, 0.1) is 5.56 Å². The quantitative estimate of drug-likeness (QED) is 0.878. The van der Waals surface area contributed by atoms with E-state index in [1.807, 2.05) is 0 Å². The minimum atomic E-state index is -0.403. The minimum Gasteiger partial charge on any atom is -0.348 e. The molecule has 1 aliphatic heterocycles. The van der Waals surface area contributed by atoms with E-state index >= 15 is 0 Å². The Kier molecular flexibility index (Phi) is 4.12. The van der Waals surface area contributed by atoms with E-state index in [1.165, 1.54) is 12.1 Å². The molecule has 92 valence electrons. The number of hydrogen-bond donors (Lipinski definition) is 2. The molecule has 1 aliphatic rings. The third-order valence-electron chi connectivity index (χ3n) is 2.81. The summed E-state index contributed by atoms with van der Waals surface area (Å²) in [5.41, 5.74) is 0.343. The first kappa shape index (κ1) is 12.5. The van der Waals surface area contributed by atoms with Crippen LogP contribution in [0.2, 0.25) is 0 Å². The van der Waals surface area contributed by atoms with Crippen molar-refractivity contribution < 1.29 is 9.18 Å². The molecule has 17 heavy (non-hydrogen) atoms. The second-order valence-corrected chi connectivity index (χ2v) is 5.00. The predicted molar refractivity (Wildman–Crippen MR) is 67.5 cm³/mol. The summed E-state index contributed by atoms with van der Waals surface area (Å²) >= 11 is 3.25. The van der Waals surface area contributed by atoms with Gasteiger partial charge < -0.3 is 10.6 Å². The first-order valence-corrected chi connectivity index (χ1v) is 6.43. The molecule has 1 heterocycles. The lowest BCUT2D eigenvalue weighted by Crippen LogP contribution is -2.45. The van der Waals surface area contributed by atoms with E-state index in [0.29, 0.717) is 10.0 Å². The number of rotatable bonds is 2. The van der Waals surface area contributed by atoms with Crippen LogP contribution in [0.5, 0.6) is 0 Å². The molecule has 1 fully saturated rings. The molecule has 1 amide bonds. The Morgan fingerprint density at radius 2 is 2.35 bits per heavy atom. The van der Waals surface area contributed by atoms with Gasteiger partial charge in [0.2, 0.25) is 0 Å². The number of amides is 1. The summed E-state index contributed by atoms with van der Waals surface area (Å²) in [5.74, 6) is -0.634. The van der Waals surface area contributed by atoms with Crippen molar-refractivity contribution >= 4 is 21.8 Å². The molecule has 1 saturated heterocycles. The van der Waals surface area contributed by atoms with Gasteiger partial charge in [-0.05, 0) is 53.5 Å². The molecule has 1 unspecified atom stereocenters. The maximum atomic E-state index is 13.1. The van der Waals surface area contributed by atoms with Crippen LogP contribution in [0.25, 0.3) is 0 Å². The van der Waals surface area contributed by atoms with Gasteiger partial charge in [0.15, 0.2) is 0 Å². The van der Waals surface area contributed by atoms with Crippen LogP contribution in [-0.4, -0.2) is 25.0 Å². The Morgan fingerprint density at radius 1 is 1.53 bits per heavy atom. The molecule has 1 aromatic carbocycles. The fourth-order valence-electron chi connectivity index (χ4n) is 1.91. The highest BCUT2D eigenvalue weighted by Crippen LogP contribution is 2.18. The van der Waals surface area contributed by atoms with E-state index in [9.17, 15) is 9.18 Å². The van der Waals surface area contributed by atoms with Gasteiger partial charge in [-0.3, -0.25) is 4.79 Å². The molecule has 0 aliphatic carbocycles. The standard InChI is InChI=1S/C12H14BrFN2O/c13-11-4-3-8(14)6-10(11)12(17)16-9-2-1-5-15-7-9/h3-4,6,9,15H,1-2,5,7H2,(H,16,17). The third kappa shape index (κ3) is 3.26. The number of carbonyl (C=O) groups is 1. The fourth-order valence-corrected chi connectivity index (χ4v) is 2.34. The summed E-state index contributed by atoms with van der Waals surface area (Å²) in [6.07, 6.45) is 2.01. The number of piperidine rings is 1. The van der Waals surface area contributed by atoms with Gasteiger partial charge in [-0.1, -0.05) is 0 Å². The van der Waals surface area contributed by atoms with E-state index in [1.54, 1.807) is 6.07 Å². The largest absolute Gasteiger partial charge is 0.348 e. The number of hydrogen-bond acceptors (Lipinski definition) is 2. The number of halogens is 2. The molecular weight excluding hydrogens is 287 g/mol. The van der Waals surface area contributed by atoms with Crippen LogP contribution in [-0.2, 0) is 0 Å². The van der Waals surface area contributed by atoms with Crippen LogP contribution < -0.4 is 10.6 Å². The monoisotopic (exact) mass is 300 g/mol. The van der Waals surface area contributed by atoms with Crippen LogP contribution in [0, 0.1) is 5.82 Å². The number of carbonyl (C=O) groups excluding carboxylic acids is 1. The first-order chi connectivity index (χ1) is 8.16. The maximum absolute atomic E-state index is 13.1. The van der Waals surface area contributed by atoms with Crippen LogP contribution >= 0.6 is 15.9 Å². The van der Waals surface area contributed by atoms with Crippen molar-refractivity contribution in [3.8, 4) is 0 Å². The molecule has 0 radical (unpaired) electrons. The van der Waals surface area contributed by atoms with Crippen molar-refractivity contribution in [2.45, 2.75) is 18.9 Å². The molecule has 2 N–H and O–H groups in total. The molecule has 1 atom stereocenters. The second-order valence-electron chi connectivity index (χ2n) is 4.14. The van der Waals surface area contributed by atoms with Gasteiger partial charge in [-0.2, -0.15) is 0 Å². The zero-order chi connectivity index (χ0) is 12.3. The van der Waals surface area contributed by atoms with Crippen LogP contribution in [0.4, 0.5) is 4.39 Å². The molecule has 2 rings (SSSR count). The molecule has 0 aromatic heterocycles. The Labute approximate surface area is 108 Å². The maximum Gasteiger partial charge on any atom is 0.252 e. The average molecular weight is 301 g/mol. The summed E-state index contributed by atoms with van der Waals surface area (Å²) in [6, 6.07) is 4.24. The Morgan fingerprint density at radius 3 is 3.06 bits per heavy atom. The fraction of sp³-hybridized carbons (Fsp3) is 0.417. The predicted octanol–water partition coefficient (Wildman–Crippen LogP) is 2.07. The first-order valence-electron chi connectivity index (χ1n) is 5.63. The van der Waals surface area contributed by atoms with Crippen molar-refractivity contribution in [3.63, 3.8) is 0 Å². The third-order valence-corrected chi connectivity index (χ3v) is 3.50. The summed E-state index contributed by atoms with van der Waals surface area (Å²) in [7, 11) is 0. The van der Waals surface area contributed by atoms with E-state index in [-0.39, 0.29) is 11.9 Å². The highest BCUT2D eigenvalue weighted by atomic mass is 79.9. The summed E-state index contributed by atoms with van der Waals surface area (Å²) in [6.45, 7) is 1.77. The zero-order valence-corrected chi connectivity index (χ0v) is 10.9. The van der Waals surface area contributed by atoms with Gasteiger partial charge in [-0.25, -0.2) is 4.39 Å². The summed E-state index contributed by atoms with van der Waals surface area (Å²) in [4.78, 5) is 12.0. The lowest BCUT2D eigenvalue weighted by atomic mass is 10.1. The van der Waals surface area contributed by atoms with Crippen molar-refractivity contribution in [1.82, 2.24) is 10.6 Å². The van der Waals surface area contributed by atoms with E-state index in [4.69, 9.17) is 0 Å². The van der Waals surface area contributed by atoms with Crippen molar-refractivity contribution in [2.24, 2.45) is 0 Å². The Balaban J connectivity index is 2.05.